The zero-order valence-electron chi connectivity index (χ0n) is 13.0. The van der Waals surface area contributed by atoms with Gasteiger partial charge >= 0.3 is 0 Å². The normalized spacial score (nSPS) is 14.2. The first-order valence-electron chi connectivity index (χ1n) is 6.87. The molecule has 0 aliphatic rings. The van der Waals surface area contributed by atoms with Gasteiger partial charge in [-0.15, -0.1) is 0 Å². The maximum atomic E-state index is 12.4. The van der Waals surface area contributed by atoms with Crippen molar-refractivity contribution in [2.45, 2.75) is 44.2 Å². The number of hydrogen-bond donors (Lipinski definition) is 2. The number of halogens is 1. The predicted octanol–water partition coefficient (Wildman–Crippen LogP) is 1.93. The number of sulfonamides is 1. The molecule has 0 aromatic heterocycles. The lowest BCUT2D eigenvalue weighted by atomic mass is 10.2. The summed E-state index contributed by atoms with van der Waals surface area (Å²) in [6, 6.07) is 3.32. The van der Waals surface area contributed by atoms with Crippen LogP contribution in [0.25, 0.3) is 0 Å². The number of amides is 1. The molecule has 0 heterocycles. The molecule has 1 aromatic rings. The first-order valence-corrected chi connectivity index (χ1v) is 8.73. The fourth-order valence-electron chi connectivity index (χ4n) is 1.68. The Balaban J connectivity index is 2.96. The van der Waals surface area contributed by atoms with Crippen LogP contribution in [0.2, 0.25) is 5.02 Å². The first kappa shape index (κ1) is 18.7. The first-order chi connectivity index (χ1) is 10.2. The summed E-state index contributed by atoms with van der Waals surface area (Å²) in [4.78, 5) is 11.8. The zero-order valence-corrected chi connectivity index (χ0v) is 14.6. The van der Waals surface area contributed by atoms with Gasteiger partial charge in [0, 0.05) is 11.1 Å². The lowest BCUT2D eigenvalue weighted by Crippen LogP contribution is -2.47. The van der Waals surface area contributed by atoms with Gasteiger partial charge in [-0.25, -0.2) is 8.42 Å². The molecular formula is C14H21ClN2O4S. The highest BCUT2D eigenvalue weighted by atomic mass is 35.5. The molecule has 0 aliphatic heterocycles. The molecule has 0 aliphatic carbocycles. The monoisotopic (exact) mass is 348 g/mol. The van der Waals surface area contributed by atoms with Crippen LogP contribution in [-0.4, -0.2) is 33.5 Å². The van der Waals surface area contributed by atoms with Gasteiger partial charge < -0.3 is 10.1 Å². The molecule has 2 N–H and O–H groups in total. The van der Waals surface area contributed by atoms with Crippen LogP contribution in [0.1, 0.15) is 27.2 Å². The van der Waals surface area contributed by atoms with Crippen LogP contribution in [-0.2, 0) is 14.8 Å². The lowest BCUT2D eigenvalue weighted by Gasteiger charge is -2.18. The molecule has 0 bridgehead atoms. The fourth-order valence-corrected chi connectivity index (χ4v) is 3.31. The van der Waals surface area contributed by atoms with Crippen molar-refractivity contribution >= 4 is 27.5 Å². The third kappa shape index (κ3) is 4.86. The Hall–Kier alpha value is -1.31. The summed E-state index contributed by atoms with van der Waals surface area (Å²) in [7, 11) is -2.57. The van der Waals surface area contributed by atoms with Crippen LogP contribution in [0.15, 0.2) is 23.1 Å². The molecule has 1 amide bonds. The van der Waals surface area contributed by atoms with Crippen LogP contribution in [0.3, 0.4) is 0 Å². The molecule has 22 heavy (non-hydrogen) atoms. The maximum absolute atomic E-state index is 12.4. The fraction of sp³-hybridized carbons (Fsp3) is 0.500. The number of rotatable bonds is 7. The van der Waals surface area contributed by atoms with Gasteiger partial charge in [-0.05, 0) is 38.5 Å². The molecule has 6 nitrogen and oxygen atoms in total. The van der Waals surface area contributed by atoms with Crippen LogP contribution in [0.5, 0.6) is 5.75 Å². The van der Waals surface area contributed by atoms with E-state index in [1.807, 2.05) is 13.8 Å². The Morgan fingerprint density at radius 2 is 2.00 bits per heavy atom. The SMILES string of the molecule is CC[C@@H](C)NC(=O)[C@@H](C)NS(=O)(=O)c1cc(Cl)ccc1OC. The highest BCUT2D eigenvalue weighted by Gasteiger charge is 2.25. The quantitative estimate of drug-likeness (QED) is 0.788. The number of methoxy groups -OCH3 is 1. The predicted molar refractivity (Wildman–Crippen MR) is 85.7 cm³/mol. The average molecular weight is 349 g/mol. The van der Waals surface area contributed by atoms with Gasteiger partial charge in [0.15, 0.2) is 0 Å². The number of benzene rings is 1. The summed E-state index contributed by atoms with van der Waals surface area (Å²) in [5, 5.41) is 2.98. The molecular weight excluding hydrogens is 328 g/mol. The van der Waals surface area contributed by atoms with E-state index >= 15 is 0 Å². The minimum Gasteiger partial charge on any atom is -0.495 e. The number of hydrogen-bond acceptors (Lipinski definition) is 4. The zero-order chi connectivity index (χ0) is 16.9. The molecule has 0 saturated heterocycles. The van der Waals surface area contributed by atoms with E-state index in [1.54, 1.807) is 0 Å². The van der Waals surface area contributed by atoms with E-state index in [2.05, 4.69) is 10.0 Å². The molecule has 0 saturated carbocycles. The van der Waals surface area contributed by atoms with E-state index in [4.69, 9.17) is 16.3 Å². The van der Waals surface area contributed by atoms with Crippen LogP contribution in [0.4, 0.5) is 0 Å². The Morgan fingerprint density at radius 3 is 2.55 bits per heavy atom. The van der Waals surface area contributed by atoms with Crippen molar-refractivity contribution in [1.29, 1.82) is 0 Å². The molecule has 0 unspecified atom stereocenters. The second kappa shape index (κ2) is 7.80. The summed E-state index contributed by atoms with van der Waals surface area (Å²) < 4.78 is 32.2. The molecule has 1 rings (SSSR count). The standard InChI is InChI=1S/C14H21ClN2O4S/c1-5-9(2)16-14(18)10(3)17-22(19,20)13-8-11(15)6-7-12(13)21-4/h6-10,17H,5H2,1-4H3,(H,16,18)/t9-,10-/m1/s1. The Kier molecular flexibility index (Phi) is 6.65. The summed E-state index contributed by atoms with van der Waals surface area (Å²) in [6.07, 6.45) is 0.757. The average Bonchev–Trinajstić information content (AvgIpc) is 2.46. The summed E-state index contributed by atoms with van der Waals surface area (Å²) in [5.74, 6) is -0.231. The van der Waals surface area contributed by atoms with Gasteiger partial charge in [0.05, 0.1) is 13.2 Å². The van der Waals surface area contributed by atoms with Gasteiger partial charge in [-0.1, -0.05) is 18.5 Å². The summed E-state index contributed by atoms with van der Waals surface area (Å²) in [5.41, 5.74) is 0. The van der Waals surface area contributed by atoms with E-state index < -0.39 is 16.1 Å². The Labute approximate surface area is 136 Å². The van der Waals surface area contributed by atoms with Crippen molar-refractivity contribution in [3.8, 4) is 5.75 Å². The van der Waals surface area contributed by atoms with Gasteiger partial charge in [-0.3, -0.25) is 4.79 Å². The van der Waals surface area contributed by atoms with Gasteiger partial charge in [-0.2, -0.15) is 4.72 Å². The molecule has 0 radical (unpaired) electrons. The highest BCUT2D eigenvalue weighted by Crippen LogP contribution is 2.27. The van der Waals surface area contributed by atoms with Crippen molar-refractivity contribution in [1.82, 2.24) is 10.0 Å². The molecule has 124 valence electrons. The minimum atomic E-state index is -3.93. The van der Waals surface area contributed by atoms with Crippen molar-refractivity contribution in [2.75, 3.05) is 7.11 Å². The van der Waals surface area contributed by atoms with Crippen LogP contribution < -0.4 is 14.8 Å². The van der Waals surface area contributed by atoms with Crippen molar-refractivity contribution in [3.63, 3.8) is 0 Å². The van der Waals surface area contributed by atoms with Crippen molar-refractivity contribution in [3.05, 3.63) is 23.2 Å². The van der Waals surface area contributed by atoms with Gasteiger partial charge in [0.1, 0.15) is 10.6 Å². The highest BCUT2D eigenvalue weighted by molar-refractivity contribution is 7.89. The van der Waals surface area contributed by atoms with E-state index in [1.165, 1.54) is 32.2 Å². The number of nitrogens with one attached hydrogen (secondary N) is 2. The third-order valence-corrected chi connectivity index (χ3v) is 4.94. The molecule has 1 aromatic carbocycles. The largest absolute Gasteiger partial charge is 0.495 e. The minimum absolute atomic E-state index is 0.0276. The maximum Gasteiger partial charge on any atom is 0.245 e. The van der Waals surface area contributed by atoms with Crippen LogP contribution in [0, 0.1) is 0 Å². The van der Waals surface area contributed by atoms with Gasteiger partial charge in [0.2, 0.25) is 15.9 Å². The van der Waals surface area contributed by atoms with E-state index in [9.17, 15) is 13.2 Å². The van der Waals surface area contributed by atoms with E-state index in [-0.39, 0.29) is 27.6 Å². The Morgan fingerprint density at radius 1 is 1.36 bits per heavy atom. The smallest absolute Gasteiger partial charge is 0.245 e. The Bertz CT molecular complexity index is 634. The number of ether oxygens (including phenoxy) is 1. The summed E-state index contributed by atoms with van der Waals surface area (Å²) in [6.45, 7) is 5.25. The van der Waals surface area contributed by atoms with Crippen molar-refractivity contribution in [2.24, 2.45) is 0 Å². The summed E-state index contributed by atoms with van der Waals surface area (Å²) >= 11 is 5.84. The van der Waals surface area contributed by atoms with E-state index in [0.29, 0.717) is 0 Å². The topological polar surface area (TPSA) is 84.5 Å². The van der Waals surface area contributed by atoms with Crippen LogP contribution >= 0.6 is 11.6 Å². The molecule has 0 spiro atoms. The lowest BCUT2D eigenvalue weighted by molar-refractivity contribution is -0.122. The second-order valence-corrected chi connectivity index (χ2v) is 7.07. The van der Waals surface area contributed by atoms with E-state index in [0.717, 1.165) is 6.42 Å². The third-order valence-electron chi connectivity index (χ3n) is 3.14. The number of carbonyl (C=O) groups excluding carboxylic acids is 1. The second-order valence-electron chi connectivity index (χ2n) is 4.96. The molecule has 8 heteroatoms. The molecule has 2 atom stereocenters. The number of carbonyl (C=O) groups is 1. The van der Waals surface area contributed by atoms with Crippen molar-refractivity contribution < 1.29 is 17.9 Å². The van der Waals surface area contributed by atoms with Gasteiger partial charge in [0.25, 0.3) is 0 Å². The molecule has 0 fully saturated rings.